The van der Waals surface area contributed by atoms with Crippen LogP contribution >= 0.6 is 20.8 Å². The fourth-order valence-corrected chi connectivity index (χ4v) is 5.16. The summed E-state index contributed by atoms with van der Waals surface area (Å²) in [5.41, 5.74) is -0.680. The van der Waals surface area contributed by atoms with Crippen LogP contribution in [0.3, 0.4) is 0 Å². The molecule has 40 heavy (non-hydrogen) atoms. The highest BCUT2D eigenvalue weighted by Gasteiger charge is 2.24. The molecule has 3 rings (SSSR count). The lowest BCUT2D eigenvalue weighted by molar-refractivity contribution is 0.104. The Morgan fingerprint density at radius 1 is 1.27 bits per heavy atom. The molecule has 220 valence electrons. The molecule has 0 bridgehead atoms. The van der Waals surface area contributed by atoms with E-state index in [0.717, 1.165) is 25.1 Å². The summed E-state index contributed by atoms with van der Waals surface area (Å²) in [4.78, 5) is 20.4. The molecule has 0 aliphatic heterocycles. The summed E-state index contributed by atoms with van der Waals surface area (Å²) < 4.78 is 28.6. The van der Waals surface area contributed by atoms with Gasteiger partial charge < -0.3 is 5.32 Å². The zero-order valence-electron chi connectivity index (χ0n) is 24.2. The Morgan fingerprint density at radius 3 is 2.42 bits per heavy atom. The van der Waals surface area contributed by atoms with E-state index >= 15 is 0 Å². The van der Waals surface area contributed by atoms with Gasteiger partial charge in [0.15, 0.2) is 0 Å². The number of rotatable bonds is 12. The van der Waals surface area contributed by atoms with Crippen molar-refractivity contribution < 1.29 is 8.78 Å². The van der Waals surface area contributed by atoms with Crippen LogP contribution < -0.4 is 10.9 Å². The minimum atomic E-state index is -3.03. The van der Waals surface area contributed by atoms with E-state index in [2.05, 4.69) is 37.6 Å². The van der Waals surface area contributed by atoms with Crippen molar-refractivity contribution in [3.05, 3.63) is 82.4 Å². The molecule has 1 aromatic carbocycles. The number of aromatic nitrogens is 2. The Labute approximate surface area is 245 Å². The van der Waals surface area contributed by atoms with Crippen LogP contribution in [0.15, 0.2) is 65.5 Å². The van der Waals surface area contributed by atoms with Gasteiger partial charge in [-0.25, -0.2) is 4.98 Å². The number of anilines is 1. The summed E-state index contributed by atoms with van der Waals surface area (Å²) in [6.07, 6.45) is 11.6. The molecule has 1 saturated carbocycles. The van der Waals surface area contributed by atoms with Gasteiger partial charge in [-0.15, -0.1) is 0 Å². The van der Waals surface area contributed by atoms with E-state index in [1.807, 2.05) is 13.0 Å². The average molecular weight is 593 g/mol. The quantitative estimate of drug-likeness (QED) is 0.199. The monoisotopic (exact) mass is 592 g/mol. The third-order valence-electron chi connectivity index (χ3n) is 6.66. The zero-order valence-corrected chi connectivity index (χ0v) is 26.1. The van der Waals surface area contributed by atoms with Crippen molar-refractivity contribution in [1.82, 2.24) is 14.5 Å². The summed E-state index contributed by atoms with van der Waals surface area (Å²) in [6.45, 7) is 14.6. The molecule has 1 aromatic heterocycles. The van der Waals surface area contributed by atoms with E-state index in [1.165, 1.54) is 69.8 Å². The van der Waals surface area contributed by atoms with Crippen molar-refractivity contribution >= 4 is 32.2 Å². The lowest BCUT2D eigenvalue weighted by Gasteiger charge is -2.28. The highest BCUT2D eigenvalue weighted by Crippen LogP contribution is 2.35. The lowest BCUT2D eigenvalue weighted by Crippen LogP contribution is -2.37. The van der Waals surface area contributed by atoms with Crippen LogP contribution in [0.1, 0.15) is 71.2 Å². The molecule has 1 heterocycles. The Kier molecular flexibility index (Phi) is 14.2. The standard InChI is InChI=1S/C26H35F2N4OP.C5H9Cl/c1-4-8-19(3)25-30-23(29-15-17-31(16-5-2)21-9-6-7-10-21)18-24(33)32(25)22-13-11-20(12-14-22)26(27,28)34;1-5(2)3-4-6/h4,8,11-14,18,21,29H,1,5-7,9-10,15-17,34H2,2-3H3;3-5H,1-2H3/b19-8+;4-3+. The van der Waals surface area contributed by atoms with Crippen LogP contribution in [-0.4, -0.2) is 40.1 Å². The summed E-state index contributed by atoms with van der Waals surface area (Å²) >= 11 is 5.22. The normalized spacial score (nSPS) is 14.6. The van der Waals surface area contributed by atoms with Crippen LogP contribution in [0.4, 0.5) is 14.6 Å². The van der Waals surface area contributed by atoms with E-state index in [1.54, 1.807) is 17.7 Å². The molecule has 1 fully saturated rings. The molecular weight excluding hydrogens is 549 g/mol. The van der Waals surface area contributed by atoms with Gasteiger partial charge in [-0.05, 0) is 56.4 Å². The maximum atomic E-state index is 13.6. The molecule has 0 saturated heterocycles. The number of nitrogens with zero attached hydrogens (tertiary/aromatic N) is 3. The number of hydrogen-bond donors (Lipinski definition) is 1. The topological polar surface area (TPSA) is 50.2 Å². The van der Waals surface area contributed by atoms with Crippen LogP contribution in [0.2, 0.25) is 0 Å². The molecule has 2 aromatic rings. The molecule has 9 heteroatoms. The molecule has 0 radical (unpaired) electrons. The number of hydrogen-bond acceptors (Lipinski definition) is 4. The Morgan fingerprint density at radius 2 is 1.93 bits per heavy atom. The molecule has 1 aliphatic rings. The van der Waals surface area contributed by atoms with E-state index in [9.17, 15) is 13.6 Å². The van der Waals surface area contributed by atoms with Crippen molar-refractivity contribution in [1.29, 1.82) is 0 Å². The maximum absolute atomic E-state index is 13.6. The minimum absolute atomic E-state index is 0.139. The van der Waals surface area contributed by atoms with Crippen molar-refractivity contribution in [3.63, 3.8) is 0 Å². The Balaban J connectivity index is 0.000000840. The maximum Gasteiger partial charge on any atom is 0.283 e. The summed E-state index contributed by atoms with van der Waals surface area (Å²) in [7, 11) is 1.53. The molecular formula is C31H44ClF2N4OP. The van der Waals surface area contributed by atoms with Crippen LogP contribution in [-0.2, 0) is 5.66 Å². The van der Waals surface area contributed by atoms with Gasteiger partial charge in [0.05, 0.1) is 5.69 Å². The minimum Gasteiger partial charge on any atom is -0.369 e. The fraction of sp³-hybridized carbons (Fsp3) is 0.484. The van der Waals surface area contributed by atoms with Crippen molar-refractivity contribution in [2.24, 2.45) is 5.92 Å². The Hall–Kier alpha value is -2.34. The highest BCUT2D eigenvalue weighted by molar-refractivity contribution is 7.17. The second-order valence-corrected chi connectivity index (χ2v) is 11.3. The predicted octanol–water partition coefficient (Wildman–Crippen LogP) is 8.21. The predicted molar refractivity (Wildman–Crippen MR) is 170 cm³/mol. The van der Waals surface area contributed by atoms with Gasteiger partial charge in [0.25, 0.3) is 11.2 Å². The first-order valence-electron chi connectivity index (χ1n) is 14.0. The van der Waals surface area contributed by atoms with Crippen LogP contribution in [0, 0.1) is 5.92 Å². The highest BCUT2D eigenvalue weighted by atomic mass is 35.5. The van der Waals surface area contributed by atoms with Gasteiger partial charge in [-0.2, -0.15) is 8.78 Å². The van der Waals surface area contributed by atoms with Crippen molar-refractivity contribution in [3.8, 4) is 5.69 Å². The number of halogens is 3. The molecule has 1 aliphatic carbocycles. The van der Waals surface area contributed by atoms with Gasteiger partial charge in [-0.3, -0.25) is 14.3 Å². The van der Waals surface area contributed by atoms with Crippen LogP contribution in [0.5, 0.6) is 0 Å². The molecule has 1 atom stereocenters. The largest absolute Gasteiger partial charge is 0.369 e. The summed E-state index contributed by atoms with van der Waals surface area (Å²) in [6, 6.07) is 7.78. The van der Waals surface area contributed by atoms with Crippen molar-refractivity contribution in [2.75, 3.05) is 25.0 Å². The third kappa shape index (κ3) is 10.6. The number of alkyl halides is 2. The zero-order chi connectivity index (χ0) is 29.7. The first-order chi connectivity index (χ1) is 19.0. The second kappa shape index (κ2) is 16.8. The first-order valence-corrected chi connectivity index (χ1v) is 15.0. The SMILES string of the molecule is C=C/C=C(\C)c1nc(NCCN(CCC)C2CCCC2)cc(=O)n1-c1ccc(C(F)(F)P)cc1.CC(C)/C=C/Cl. The number of allylic oxidation sites excluding steroid dienone is 4. The van der Waals surface area contributed by atoms with E-state index in [0.29, 0.717) is 35.8 Å². The number of nitrogens with one attached hydrogen (secondary N) is 1. The fourth-order valence-electron chi connectivity index (χ4n) is 4.68. The molecule has 0 spiro atoms. The van der Waals surface area contributed by atoms with E-state index in [4.69, 9.17) is 16.6 Å². The van der Waals surface area contributed by atoms with E-state index in [-0.39, 0.29) is 11.1 Å². The molecule has 5 nitrogen and oxygen atoms in total. The molecule has 0 amide bonds. The van der Waals surface area contributed by atoms with Gasteiger partial charge in [0, 0.05) is 36.3 Å². The second-order valence-electron chi connectivity index (χ2n) is 10.4. The first kappa shape index (κ1) is 33.9. The molecule has 1 N–H and O–H groups in total. The van der Waals surface area contributed by atoms with Gasteiger partial charge in [-0.1, -0.05) is 91.4 Å². The average Bonchev–Trinajstić information content (AvgIpc) is 3.43. The van der Waals surface area contributed by atoms with E-state index < -0.39 is 5.66 Å². The smallest absolute Gasteiger partial charge is 0.283 e. The van der Waals surface area contributed by atoms with Crippen LogP contribution in [0.25, 0.3) is 11.3 Å². The van der Waals surface area contributed by atoms with Gasteiger partial charge in [0.2, 0.25) is 0 Å². The lowest BCUT2D eigenvalue weighted by atomic mass is 10.2. The number of benzene rings is 1. The third-order valence-corrected chi connectivity index (χ3v) is 7.14. The summed E-state index contributed by atoms with van der Waals surface area (Å²) in [5, 5.41) is 3.32. The summed E-state index contributed by atoms with van der Waals surface area (Å²) in [5.74, 6) is 1.54. The Bertz CT molecular complexity index is 1180. The van der Waals surface area contributed by atoms with Crippen molar-refractivity contribution in [2.45, 2.75) is 71.5 Å². The van der Waals surface area contributed by atoms with Gasteiger partial charge >= 0.3 is 0 Å². The van der Waals surface area contributed by atoms with Gasteiger partial charge in [0.1, 0.15) is 11.6 Å². The molecule has 1 unspecified atom stereocenters.